The summed E-state index contributed by atoms with van der Waals surface area (Å²) in [5.41, 5.74) is 2.73. The fourth-order valence-electron chi connectivity index (χ4n) is 2.42. The zero-order chi connectivity index (χ0) is 19.8. The van der Waals surface area contributed by atoms with Crippen molar-refractivity contribution in [2.75, 3.05) is 12.9 Å². The Kier molecular flexibility index (Phi) is 6.62. The molecular weight excluding hydrogens is 378 g/mol. The van der Waals surface area contributed by atoms with Crippen molar-refractivity contribution in [3.8, 4) is 5.75 Å². The van der Waals surface area contributed by atoms with E-state index in [2.05, 4.69) is 4.98 Å². The molecule has 0 amide bonds. The van der Waals surface area contributed by atoms with E-state index in [0.29, 0.717) is 30.4 Å². The van der Waals surface area contributed by atoms with Gasteiger partial charge in [-0.15, -0.1) is 0 Å². The van der Waals surface area contributed by atoms with Gasteiger partial charge in [-0.3, -0.25) is 4.18 Å². The lowest BCUT2D eigenvalue weighted by atomic mass is 10.1. The van der Waals surface area contributed by atoms with Crippen LogP contribution in [0.3, 0.4) is 0 Å². The first-order valence-corrected chi connectivity index (χ1v) is 10.5. The largest absolute Gasteiger partial charge is 0.487 e. The van der Waals surface area contributed by atoms with E-state index in [1.807, 2.05) is 66.7 Å². The predicted molar refractivity (Wildman–Crippen MR) is 107 cm³/mol. The molecule has 0 saturated heterocycles. The van der Waals surface area contributed by atoms with Crippen LogP contribution < -0.4 is 4.74 Å². The molecule has 3 aromatic rings. The Balaban J connectivity index is 1.48. The molecule has 0 radical (unpaired) electrons. The van der Waals surface area contributed by atoms with Crippen molar-refractivity contribution in [2.24, 2.45) is 0 Å². The average molecular weight is 399 g/mol. The van der Waals surface area contributed by atoms with Crippen molar-refractivity contribution in [2.45, 2.75) is 13.0 Å². The summed E-state index contributed by atoms with van der Waals surface area (Å²) in [6.07, 6.45) is 6.86. The molecule has 0 fully saturated rings. The molecule has 1 heterocycles. The average Bonchev–Trinajstić information content (AvgIpc) is 3.14. The minimum Gasteiger partial charge on any atom is -0.487 e. The molecule has 3 rings (SSSR count). The summed E-state index contributed by atoms with van der Waals surface area (Å²) in [4.78, 5) is 4.37. The maximum Gasteiger partial charge on any atom is 0.264 e. The van der Waals surface area contributed by atoms with Crippen LogP contribution in [0.2, 0.25) is 0 Å². The molecule has 0 aliphatic heterocycles. The van der Waals surface area contributed by atoms with Gasteiger partial charge in [0.15, 0.2) is 0 Å². The maximum atomic E-state index is 11.0. The number of oxazole rings is 1. The van der Waals surface area contributed by atoms with Crippen molar-refractivity contribution < 1.29 is 21.8 Å². The summed E-state index contributed by atoms with van der Waals surface area (Å²) in [6.45, 7) is 0.413. The maximum absolute atomic E-state index is 11.0. The third-order valence-electron chi connectivity index (χ3n) is 3.79. The summed E-state index contributed by atoms with van der Waals surface area (Å²) in [6, 6.07) is 17.3. The van der Waals surface area contributed by atoms with Gasteiger partial charge in [-0.2, -0.15) is 8.42 Å². The Morgan fingerprint density at radius 1 is 1.04 bits per heavy atom. The number of hydrogen-bond acceptors (Lipinski definition) is 6. The molecule has 0 bridgehead atoms. The van der Waals surface area contributed by atoms with Gasteiger partial charge in [0.2, 0.25) is 5.89 Å². The number of aromatic nitrogens is 1. The van der Waals surface area contributed by atoms with Gasteiger partial charge in [0, 0.05) is 6.08 Å². The van der Waals surface area contributed by atoms with E-state index in [9.17, 15) is 8.42 Å². The van der Waals surface area contributed by atoms with Gasteiger partial charge >= 0.3 is 0 Å². The van der Waals surface area contributed by atoms with E-state index in [0.717, 1.165) is 17.4 Å². The first kappa shape index (κ1) is 19.9. The lowest BCUT2D eigenvalue weighted by Crippen LogP contribution is -2.06. The van der Waals surface area contributed by atoms with E-state index in [1.165, 1.54) is 0 Å². The zero-order valence-corrected chi connectivity index (χ0v) is 16.3. The third kappa shape index (κ3) is 6.68. The quantitative estimate of drug-likeness (QED) is 0.507. The second-order valence-corrected chi connectivity index (χ2v) is 7.77. The Hall–Kier alpha value is -2.90. The van der Waals surface area contributed by atoms with Crippen molar-refractivity contribution in [1.82, 2.24) is 4.98 Å². The van der Waals surface area contributed by atoms with Gasteiger partial charge in [-0.05, 0) is 35.8 Å². The monoisotopic (exact) mass is 399 g/mol. The first-order valence-electron chi connectivity index (χ1n) is 8.72. The van der Waals surface area contributed by atoms with Gasteiger partial charge in [-0.1, -0.05) is 42.5 Å². The molecule has 146 valence electrons. The van der Waals surface area contributed by atoms with E-state index in [-0.39, 0.29) is 6.61 Å². The highest BCUT2D eigenvalue weighted by Crippen LogP contribution is 2.15. The van der Waals surface area contributed by atoms with Crippen LogP contribution >= 0.6 is 0 Å². The zero-order valence-electron chi connectivity index (χ0n) is 15.4. The van der Waals surface area contributed by atoms with E-state index in [1.54, 1.807) is 6.26 Å². The van der Waals surface area contributed by atoms with Crippen LogP contribution in [-0.4, -0.2) is 26.3 Å². The van der Waals surface area contributed by atoms with Crippen molar-refractivity contribution in [3.63, 3.8) is 0 Å². The lowest BCUT2D eigenvalue weighted by Gasteiger charge is -2.06. The summed E-state index contributed by atoms with van der Waals surface area (Å²) < 4.78 is 37.8. The molecule has 6 nitrogen and oxygen atoms in total. The second kappa shape index (κ2) is 9.34. The van der Waals surface area contributed by atoms with Gasteiger partial charge < -0.3 is 9.15 Å². The van der Waals surface area contributed by atoms with Gasteiger partial charge in [0.05, 0.1) is 12.9 Å². The lowest BCUT2D eigenvalue weighted by molar-refractivity contribution is 0.300. The fourth-order valence-corrected chi connectivity index (χ4v) is 2.80. The van der Waals surface area contributed by atoms with Crippen molar-refractivity contribution in [3.05, 3.63) is 83.6 Å². The van der Waals surface area contributed by atoms with Crippen LogP contribution in [0.1, 0.15) is 22.7 Å². The number of benzene rings is 2. The molecule has 0 unspecified atom stereocenters. The summed E-state index contributed by atoms with van der Waals surface area (Å²) in [7, 11) is -3.41. The molecule has 2 aromatic carbocycles. The van der Waals surface area contributed by atoms with Crippen molar-refractivity contribution in [1.29, 1.82) is 0 Å². The number of ether oxygens (including phenoxy) is 1. The molecule has 0 spiro atoms. The summed E-state index contributed by atoms with van der Waals surface area (Å²) in [5, 5.41) is 0. The molecule has 1 aromatic heterocycles. The van der Waals surface area contributed by atoms with E-state index < -0.39 is 10.1 Å². The minimum absolute atomic E-state index is 0.122. The minimum atomic E-state index is -3.41. The van der Waals surface area contributed by atoms with Gasteiger partial charge in [-0.25, -0.2) is 4.98 Å². The molecule has 0 aliphatic rings. The molecule has 0 saturated carbocycles. The van der Waals surface area contributed by atoms with Crippen LogP contribution in [0.15, 0.2) is 65.3 Å². The highest BCUT2D eigenvalue weighted by atomic mass is 32.2. The second-order valence-electron chi connectivity index (χ2n) is 6.13. The molecule has 0 aliphatic carbocycles. The first-order chi connectivity index (χ1) is 13.5. The smallest absolute Gasteiger partial charge is 0.264 e. The van der Waals surface area contributed by atoms with Crippen LogP contribution in [0.5, 0.6) is 5.75 Å². The Labute approximate surface area is 164 Å². The topological polar surface area (TPSA) is 78.6 Å². The van der Waals surface area contributed by atoms with Crippen LogP contribution in [0.25, 0.3) is 12.2 Å². The highest BCUT2D eigenvalue weighted by Gasteiger charge is 2.04. The molecule has 28 heavy (non-hydrogen) atoms. The number of nitrogens with zero attached hydrogens (tertiary/aromatic N) is 1. The van der Waals surface area contributed by atoms with E-state index >= 15 is 0 Å². The normalized spacial score (nSPS) is 11.8. The fraction of sp³-hybridized carbons (Fsp3) is 0.190. The van der Waals surface area contributed by atoms with Crippen LogP contribution in [0, 0.1) is 0 Å². The Morgan fingerprint density at radius 2 is 1.79 bits per heavy atom. The SMILES string of the molecule is CS(=O)(=O)OCCc1ccc(OCc2coc(C=Cc3ccccc3)n2)cc1. The van der Waals surface area contributed by atoms with Crippen molar-refractivity contribution >= 4 is 22.3 Å². The number of rotatable bonds is 9. The summed E-state index contributed by atoms with van der Waals surface area (Å²) >= 11 is 0. The van der Waals surface area contributed by atoms with Gasteiger partial charge in [0.25, 0.3) is 10.1 Å². The predicted octanol–water partition coefficient (Wildman–Crippen LogP) is 3.94. The Morgan fingerprint density at radius 3 is 2.50 bits per heavy atom. The third-order valence-corrected chi connectivity index (χ3v) is 4.38. The highest BCUT2D eigenvalue weighted by molar-refractivity contribution is 7.85. The molecule has 7 heteroatoms. The standard InChI is InChI=1S/C21H21NO5S/c1-28(23,24)27-14-13-18-7-10-20(11-8-18)25-15-19-16-26-21(22-19)12-9-17-5-3-2-4-6-17/h2-12,16H,13-15H2,1H3. The van der Waals surface area contributed by atoms with E-state index in [4.69, 9.17) is 13.3 Å². The van der Waals surface area contributed by atoms with Crippen LogP contribution in [0.4, 0.5) is 0 Å². The number of hydrogen-bond donors (Lipinski definition) is 0. The van der Waals surface area contributed by atoms with Crippen LogP contribution in [-0.2, 0) is 27.3 Å². The van der Waals surface area contributed by atoms with Gasteiger partial charge in [0.1, 0.15) is 24.3 Å². The molecule has 0 atom stereocenters. The molecule has 0 N–H and O–H groups in total. The molecular formula is C21H21NO5S. The Bertz CT molecular complexity index is 1010. The summed E-state index contributed by atoms with van der Waals surface area (Å²) in [5.74, 6) is 1.21.